The molecule has 0 aliphatic carbocycles. The van der Waals surface area contributed by atoms with Gasteiger partial charge in [-0.25, -0.2) is 0 Å². The third-order valence-electron chi connectivity index (χ3n) is 3.65. The molecule has 0 radical (unpaired) electrons. The minimum atomic E-state index is 0.737. The van der Waals surface area contributed by atoms with Gasteiger partial charge in [0, 0.05) is 6.42 Å². The first-order valence-electron chi connectivity index (χ1n) is 8.56. The summed E-state index contributed by atoms with van der Waals surface area (Å²) in [4.78, 5) is 10.2. The predicted octanol–water partition coefficient (Wildman–Crippen LogP) is 6.39. The zero-order chi connectivity index (χ0) is 14.9. The molecule has 20 heavy (non-hydrogen) atoms. The van der Waals surface area contributed by atoms with Gasteiger partial charge in [-0.2, -0.15) is 0 Å². The Bertz CT molecular complexity index is 252. The first-order chi connectivity index (χ1) is 9.81. The van der Waals surface area contributed by atoms with E-state index in [2.05, 4.69) is 25.7 Å². The second-order valence-corrected chi connectivity index (χ2v) is 5.75. The quantitative estimate of drug-likeness (QED) is 0.193. The second-order valence-electron chi connectivity index (χ2n) is 5.75. The van der Waals surface area contributed by atoms with Crippen molar-refractivity contribution in [2.45, 2.75) is 90.4 Å². The van der Waals surface area contributed by atoms with Gasteiger partial charge in [-0.15, -0.1) is 0 Å². The molecule has 0 N–H and O–H groups in total. The topological polar surface area (TPSA) is 17.1 Å². The molecule has 0 heterocycles. The van der Waals surface area contributed by atoms with Crippen LogP contribution in [0.25, 0.3) is 0 Å². The lowest BCUT2D eigenvalue weighted by Gasteiger charge is -2.03. The standard InChI is InChI=1S/C19H34O/c1-3-4-5-6-10-13-16-19(2)17-14-11-8-7-9-12-15-18-20/h10,13,18H,2-9,11-12,14-17H2,1H3. The summed E-state index contributed by atoms with van der Waals surface area (Å²) in [5, 5.41) is 0. The molecule has 0 rings (SSSR count). The molecule has 0 aromatic carbocycles. The molecule has 0 saturated carbocycles. The van der Waals surface area contributed by atoms with Crippen LogP contribution in [0.2, 0.25) is 0 Å². The van der Waals surface area contributed by atoms with Crippen LogP contribution in [0.4, 0.5) is 0 Å². The number of hydrogen-bond acceptors (Lipinski definition) is 1. The molecule has 0 amide bonds. The third-order valence-corrected chi connectivity index (χ3v) is 3.65. The van der Waals surface area contributed by atoms with Gasteiger partial charge in [0.15, 0.2) is 0 Å². The van der Waals surface area contributed by atoms with Gasteiger partial charge in [-0.1, -0.05) is 69.8 Å². The monoisotopic (exact) mass is 278 g/mol. The Morgan fingerprint density at radius 3 is 2.20 bits per heavy atom. The fourth-order valence-corrected chi connectivity index (χ4v) is 2.29. The lowest BCUT2D eigenvalue weighted by atomic mass is 10.0. The van der Waals surface area contributed by atoms with Gasteiger partial charge in [0.1, 0.15) is 6.29 Å². The van der Waals surface area contributed by atoms with Crippen molar-refractivity contribution in [1.29, 1.82) is 0 Å². The molecule has 0 aromatic heterocycles. The average molecular weight is 278 g/mol. The smallest absolute Gasteiger partial charge is 0.119 e. The Balaban J connectivity index is 3.25. The average Bonchev–Trinajstić information content (AvgIpc) is 2.45. The van der Waals surface area contributed by atoms with Crippen LogP contribution in [-0.4, -0.2) is 6.29 Å². The molecule has 0 bridgehead atoms. The van der Waals surface area contributed by atoms with Crippen molar-refractivity contribution >= 4 is 6.29 Å². The molecule has 0 unspecified atom stereocenters. The summed E-state index contributed by atoms with van der Waals surface area (Å²) in [6, 6.07) is 0. The highest BCUT2D eigenvalue weighted by atomic mass is 16.1. The third kappa shape index (κ3) is 15.2. The molecule has 0 aromatic rings. The van der Waals surface area contributed by atoms with E-state index in [1.54, 1.807) is 0 Å². The lowest BCUT2D eigenvalue weighted by Crippen LogP contribution is -1.84. The van der Waals surface area contributed by atoms with Crippen molar-refractivity contribution in [2.24, 2.45) is 0 Å². The van der Waals surface area contributed by atoms with Gasteiger partial charge in [0.2, 0.25) is 0 Å². The number of carbonyl (C=O) groups is 1. The molecule has 116 valence electrons. The number of aldehydes is 1. The van der Waals surface area contributed by atoms with Crippen LogP contribution in [-0.2, 0) is 4.79 Å². The fraction of sp³-hybridized carbons (Fsp3) is 0.737. The van der Waals surface area contributed by atoms with E-state index in [1.165, 1.54) is 69.8 Å². The summed E-state index contributed by atoms with van der Waals surface area (Å²) in [5.74, 6) is 0. The van der Waals surface area contributed by atoms with Crippen LogP contribution in [0.1, 0.15) is 90.4 Å². The van der Waals surface area contributed by atoms with Crippen molar-refractivity contribution in [2.75, 3.05) is 0 Å². The van der Waals surface area contributed by atoms with Crippen molar-refractivity contribution < 1.29 is 4.79 Å². The summed E-state index contributed by atoms with van der Waals surface area (Å²) in [6.07, 6.45) is 21.2. The van der Waals surface area contributed by atoms with E-state index in [4.69, 9.17) is 0 Å². The Morgan fingerprint density at radius 1 is 0.850 bits per heavy atom. The number of rotatable bonds is 15. The molecule has 0 saturated heterocycles. The Morgan fingerprint density at radius 2 is 1.50 bits per heavy atom. The molecule has 0 atom stereocenters. The van der Waals surface area contributed by atoms with Crippen molar-refractivity contribution in [3.05, 3.63) is 24.3 Å². The second kappa shape index (κ2) is 16.2. The van der Waals surface area contributed by atoms with E-state index in [0.717, 1.165) is 25.5 Å². The Kier molecular flexibility index (Phi) is 15.5. The number of hydrogen-bond donors (Lipinski definition) is 0. The molecular formula is C19H34O. The van der Waals surface area contributed by atoms with Crippen molar-refractivity contribution in [3.63, 3.8) is 0 Å². The van der Waals surface area contributed by atoms with Gasteiger partial charge in [0.25, 0.3) is 0 Å². The highest BCUT2D eigenvalue weighted by Gasteiger charge is 1.94. The molecular weight excluding hydrogens is 244 g/mol. The van der Waals surface area contributed by atoms with Crippen LogP contribution in [0.3, 0.4) is 0 Å². The maximum Gasteiger partial charge on any atom is 0.119 e. The van der Waals surface area contributed by atoms with Gasteiger partial charge in [0.05, 0.1) is 0 Å². The molecule has 1 nitrogen and oxygen atoms in total. The summed E-state index contributed by atoms with van der Waals surface area (Å²) < 4.78 is 0. The number of carbonyl (C=O) groups excluding carboxylic acids is 1. The number of unbranched alkanes of at least 4 members (excludes halogenated alkanes) is 9. The molecule has 0 fully saturated rings. The maximum atomic E-state index is 10.2. The molecule has 0 aliphatic heterocycles. The highest BCUT2D eigenvalue weighted by Crippen LogP contribution is 2.14. The SMILES string of the molecule is C=C(CC=CCCCCC)CCCCCCCCC=O. The van der Waals surface area contributed by atoms with E-state index >= 15 is 0 Å². The minimum Gasteiger partial charge on any atom is -0.303 e. The summed E-state index contributed by atoms with van der Waals surface area (Å²) in [5.41, 5.74) is 1.37. The van der Waals surface area contributed by atoms with Gasteiger partial charge in [-0.05, 0) is 38.5 Å². The van der Waals surface area contributed by atoms with Gasteiger partial charge < -0.3 is 4.79 Å². The van der Waals surface area contributed by atoms with E-state index in [-0.39, 0.29) is 0 Å². The van der Waals surface area contributed by atoms with Gasteiger partial charge in [-0.3, -0.25) is 0 Å². The summed E-state index contributed by atoms with van der Waals surface area (Å²) >= 11 is 0. The zero-order valence-electron chi connectivity index (χ0n) is 13.5. The molecule has 0 aliphatic rings. The number of allylic oxidation sites excluding steroid dienone is 3. The van der Waals surface area contributed by atoms with E-state index in [0.29, 0.717) is 0 Å². The first kappa shape index (κ1) is 19.1. The largest absolute Gasteiger partial charge is 0.303 e. The zero-order valence-corrected chi connectivity index (χ0v) is 13.5. The van der Waals surface area contributed by atoms with Crippen LogP contribution in [0.15, 0.2) is 24.3 Å². The lowest BCUT2D eigenvalue weighted by molar-refractivity contribution is -0.107. The highest BCUT2D eigenvalue weighted by molar-refractivity contribution is 5.48. The van der Waals surface area contributed by atoms with Crippen LogP contribution in [0, 0.1) is 0 Å². The molecule has 0 spiro atoms. The minimum absolute atomic E-state index is 0.737. The van der Waals surface area contributed by atoms with Crippen molar-refractivity contribution in [1.82, 2.24) is 0 Å². The normalized spacial score (nSPS) is 11.1. The Hall–Kier alpha value is -0.850. The molecule has 1 heteroatoms. The first-order valence-corrected chi connectivity index (χ1v) is 8.56. The van der Waals surface area contributed by atoms with Crippen LogP contribution >= 0.6 is 0 Å². The fourth-order valence-electron chi connectivity index (χ4n) is 2.29. The van der Waals surface area contributed by atoms with Crippen molar-refractivity contribution in [3.8, 4) is 0 Å². The summed E-state index contributed by atoms with van der Waals surface area (Å²) in [7, 11) is 0. The van der Waals surface area contributed by atoms with Crippen LogP contribution < -0.4 is 0 Å². The summed E-state index contributed by atoms with van der Waals surface area (Å²) in [6.45, 7) is 6.40. The van der Waals surface area contributed by atoms with E-state index in [9.17, 15) is 4.79 Å². The van der Waals surface area contributed by atoms with Gasteiger partial charge >= 0.3 is 0 Å². The predicted molar refractivity (Wildman–Crippen MR) is 90.0 cm³/mol. The Labute approximate surface area is 126 Å². The maximum absolute atomic E-state index is 10.2. The van der Waals surface area contributed by atoms with E-state index in [1.807, 2.05) is 0 Å². The van der Waals surface area contributed by atoms with Crippen LogP contribution in [0.5, 0.6) is 0 Å². The van der Waals surface area contributed by atoms with E-state index < -0.39 is 0 Å².